The number of hydrogen-bond donors (Lipinski definition) is 2. The Bertz CT molecular complexity index is 413. The number of carboxylic acids is 1. The fourth-order valence-electron chi connectivity index (χ4n) is 1.32. The minimum atomic E-state index is -0.989. The third-order valence-electron chi connectivity index (χ3n) is 2.62. The molecular weight excluding hydrogens is 194 g/mol. The van der Waals surface area contributed by atoms with Crippen molar-refractivity contribution in [3.63, 3.8) is 0 Å². The Balaban J connectivity index is 2.21. The van der Waals surface area contributed by atoms with Crippen LogP contribution in [0.25, 0.3) is 0 Å². The summed E-state index contributed by atoms with van der Waals surface area (Å²) in [7, 11) is 0. The molecule has 0 spiro atoms. The number of aromatic carboxylic acids is 1. The number of carbonyl (C=O) groups is 1. The molecule has 1 aromatic rings. The van der Waals surface area contributed by atoms with Gasteiger partial charge in [0.05, 0.1) is 11.3 Å². The van der Waals surface area contributed by atoms with Crippen LogP contribution >= 0.6 is 0 Å². The Morgan fingerprint density at radius 1 is 1.60 bits per heavy atom. The second-order valence-corrected chi connectivity index (χ2v) is 4.18. The molecule has 1 fully saturated rings. The van der Waals surface area contributed by atoms with E-state index >= 15 is 0 Å². The fraction of sp³-hybridized carbons (Fsp3) is 0.500. The average molecular weight is 207 g/mol. The maximum Gasteiger partial charge on any atom is 0.339 e. The van der Waals surface area contributed by atoms with Crippen molar-refractivity contribution >= 4 is 11.9 Å². The van der Waals surface area contributed by atoms with Crippen LogP contribution in [0.1, 0.15) is 35.8 Å². The SMILES string of the molecule is Cc1nc(NC2(C)CC2)ncc1C(=O)O. The number of rotatable bonds is 3. The first kappa shape index (κ1) is 9.89. The Morgan fingerprint density at radius 2 is 2.27 bits per heavy atom. The van der Waals surface area contributed by atoms with Crippen LogP contribution in [0, 0.1) is 6.92 Å². The Hall–Kier alpha value is -1.65. The van der Waals surface area contributed by atoms with Gasteiger partial charge < -0.3 is 10.4 Å². The van der Waals surface area contributed by atoms with Crippen LogP contribution in [-0.2, 0) is 0 Å². The van der Waals surface area contributed by atoms with Gasteiger partial charge in [-0.25, -0.2) is 14.8 Å². The first-order valence-corrected chi connectivity index (χ1v) is 4.85. The van der Waals surface area contributed by atoms with Crippen molar-refractivity contribution in [3.05, 3.63) is 17.5 Å². The topological polar surface area (TPSA) is 75.1 Å². The van der Waals surface area contributed by atoms with E-state index in [1.807, 2.05) is 0 Å². The molecule has 1 saturated carbocycles. The fourth-order valence-corrected chi connectivity index (χ4v) is 1.32. The van der Waals surface area contributed by atoms with Crippen LogP contribution in [0.5, 0.6) is 0 Å². The second kappa shape index (κ2) is 3.18. The van der Waals surface area contributed by atoms with Crippen LogP contribution in [0.15, 0.2) is 6.20 Å². The highest BCUT2D eigenvalue weighted by Gasteiger charge is 2.37. The van der Waals surface area contributed by atoms with Crippen LogP contribution in [0.4, 0.5) is 5.95 Å². The molecule has 0 atom stereocenters. The van der Waals surface area contributed by atoms with Gasteiger partial charge in [-0.2, -0.15) is 0 Å². The summed E-state index contributed by atoms with van der Waals surface area (Å²) >= 11 is 0. The van der Waals surface area contributed by atoms with E-state index < -0.39 is 5.97 Å². The molecule has 0 saturated heterocycles. The van der Waals surface area contributed by atoms with E-state index in [4.69, 9.17) is 5.11 Å². The number of hydrogen-bond acceptors (Lipinski definition) is 4. The quantitative estimate of drug-likeness (QED) is 0.784. The highest BCUT2D eigenvalue weighted by atomic mass is 16.4. The molecule has 1 aromatic heterocycles. The molecule has 2 N–H and O–H groups in total. The summed E-state index contributed by atoms with van der Waals surface area (Å²) in [5.74, 6) is -0.478. The van der Waals surface area contributed by atoms with E-state index in [2.05, 4.69) is 22.2 Å². The standard InChI is InChI=1S/C10H13N3O2/c1-6-7(8(14)15)5-11-9(12-6)13-10(2)3-4-10/h5H,3-4H2,1-2H3,(H,14,15)(H,11,12,13). The van der Waals surface area contributed by atoms with Crippen LogP contribution in [-0.4, -0.2) is 26.6 Å². The van der Waals surface area contributed by atoms with Crippen molar-refractivity contribution in [1.29, 1.82) is 0 Å². The Morgan fingerprint density at radius 3 is 2.73 bits per heavy atom. The molecule has 5 heteroatoms. The van der Waals surface area contributed by atoms with Gasteiger partial charge in [0.15, 0.2) is 0 Å². The third kappa shape index (κ3) is 2.06. The van der Waals surface area contributed by atoms with E-state index in [-0.39, 0.29) is 11.1 Å². The van der Waals surface area contributed by atoms with Crippen LogP contribution in [0.3, 0.4) is 0 Å². The first-order valence-electron chi connectivity index (χ1n) is 4.85. The van der Waals surface area contributed by atoms with Gasteiger partial charge in [0.25, 0.3) is 0 Å². The van der Waals surface area contributed by atoms with Gasteiger partial charge in [0.2, 0.25) is 5.95 Å². The van der Waals surface area contributed by atoms with E-state index in [1.54, 1.807) is 6.92 Å². The van der Waals surface area contributed by atoms with Gasteiger partial charge in [-0.05, 0) is 26.7 Å². The molecule has 1 aliphatic carbocycles. The number of aryl methyl sites for hydroxylation is 1. The highest BCUT2D eigenvalue weighted by Crippen LogP contribution is 2.37. The Labute approximate surface area is 87.6 Å². The number of aromatic nitrogens is 2. The van der Waals surface area contributed by atoms with E-state index in [1.165, 1.54) is 6.20 Å². The van der Waals surface area contributed by atoms with Gasteiger partial charge in [-0.15, -0.1) is 0 Å². The maximum absolute atomic E-state index is 10.7. The van der Waals surface area contributed by atoms with E-state index in [0.717, 1.165) is 12.8 Å². The number of anilines is 1. The summed E-state index contributed by atoms with van der Waals surface area (Å²) in [6, 6.07) is 0. The van der Waals surface area contributed by atoms with Crippen molar-refractivity contribution in [2.45, 2.75) is 32.2 Å². The van der Waals surface area contributed by atoms with Gasteiger partial charge in [0, 0.05) is 11.7 Å². The minimum absolute atomic E-state index is 0.108. The zero-order valence-corrected chi connectivity index (χ0v) is 8.74. The van der Waals surface area contributed by atoms with Crippen molar-refractivity contribution in [2.75, 3.05) is 5.32 Å². The predicted octanol–water partition coefficient (Wildman–Crippen LogP) is 1.45. The van der Waals surface area contributed by atoms with Crippen LogP contribution in [0.2, 0.25) is 0 Å². The van der Waals surface area contributed by atoms with Gasteiger partial charge in [-0.3, -0.25) is 0 Å². The number of carboxylic acid groups (broad SMARTS) is 1. The summed E-state index contributed by atoms with van der Waals surface area (Å²) < 4.78 is 0. The number of nitrogens with one attached hydrogen (secondary N) is 1. The smallest absolute Gasteiger partial charge is 0.339 e. The zero-order valence-electron chi connectivity index (χ0n) is 8.74. The lowest BCUT2D eigenvalue weighted by molar-refractivity contribution is 0.0695. The summed E-state index contributed by atoms with van der Waals surface area (Å²) in [6.07, 6.45) is 3.56. The molecule has 0 bridgehead atoms. The molecule has 0 aliphatic heterocycles. The average Bonchev–Trinajstić information content (AvgIpc) is 2.82. The molecule has 0 radical (unpaired) electrons. The molecular formula is C10H13N3O2. The summed E-state index contributed by atoms with van der Waals surface area (Å²) in [6.45, 7) is 3.77. The summed E-state index contributed by atoms with van der Waals surface area (Å²) in [5, 5.41) is 12.0. The van der Waals surface area contributed by atoms with Gasteiger partial charge in [-0.1, -0.05) is 0 Å². The molecule has 15 heavy (non-hydrogen) atoms. The van der Waals surface area contributed by atoms with E-state index in [0.29, 0.717) is 11.6 Å². The normalized spacial score (nSPS) is 17.2. The molecule has 0 unspecified atom stereocenters. The molecule has 0 aromatic carbocycles. The molecule has 1 aliphatic rings. The molecule has 0 amide bonds. The second-order valence-electron chi connectivity index (χ2n) is 4.18. The summed E-state index contributed by atoms with van der Waals surface area (Å²) in [4.78, 5) is 18.8. The lowest BCUT2D eigenvalue weighted by Gasteiger charge is -2.11. The van der Waals surface area contributed by atoms with Crippen LogP contribution < -0.4 is 5.32 Å². The summed E-state index contributed by atoms with van der Waals surface area (Å²) in [5.41, 5.74) is 0.753. The molecule has 2 rings (SSSR count). The minimum Gasteiger partial charge on any atom is -0.478 e. The molecule has 1 heterocycles. The third-order valence-corrected chi connectivity index (χ3v) is 2.62. The first-order chi connectivity index (χ1) is 7.00. The highest BCUT2D eigenvalue weighted by molar-refractivity contribution is 5.88. The van der Waals surface area contributed by atoms with Crippen molar-refractivity contribution in [2.24, 2.45) is 0 Å². The van der Waals surface area contributed by atoms with Gasteiger partial charge >= 0.3 is 5.97 Å². The van der Waals surface area contributed by atoms with E-state index in [9.17, 15) is 4.79 Å². The lowest BCUT2D eigenvalue weighted by Crippen LogP contribution is -2.19. The maximum atomic E-state index is 10.7. The number of nitrogens with zero attached hydrogens (tertiary/aromatic N) is 2. The largest absolute Gasteiger partial charge is 0.478 e. The van der Waals surface area contributed by atoms with Crippen molar-refractivity contribution in [3.8, 4) is 0 Å². The Kier molecular flexibility index (Phi) is 2.10. The van der Waals surface area contributed by atoms with Crippen molar-refractivity contribution in [1.82, 2.24) is 9.97 Å². The molecule has 5 nitrogen and oxygen atoms in total. The predicted molar refractivity (Wildman–Crippen MR) is 55.0 cm³/mol. The van der Waals surface area contributed by atoms with Crippen molar-refractivity contribution < 1.29 is 9.90 Å². The molecule has 80 valence electrons. The lowest BCUT2D eigenvalue weighted by atomic mass is 10.2. The zero-order chi connectivity index (χ0) is 11.1. The van der Waals surface area contributed by atoms with Gasteiger partial charge in [0.1, 0.15) is 0 Å². The monoisotopic (exact) mass is 207 g/mol.